The summed E-state index contributed by atoms with van der Waals surface area (Å²) in [4.78, 5) is 22.9. The Hall–Kier alpha value is -1.65. The van der Waals surface area contributed by atoms with Gasteiger partial charge in [-0.05, 0) is 11.8 Å². The lowest BCUT2D eigenvalue weighted by Crippen LogP contribution is -2.27. The Bertz CT molecular complexity index is 460. The number of Topliss-reactive ketones (excluding diaryl/α,β-unsaturated/α-hetero) is 1. The molecule has 0 fully saturated rings. The Morgan fingerprint density at radius 2 is 2.12 bits per heavy atom. The van der Waals surface area contributed by atoms with E-state index in [-0.39, 0.29) is 17.1 Å². The molecule has 1 aliphatic rings. The zero-order valence-electron chi connectivity index (χ0n) is 9.68. The molecule has 1 aliphatic carbocycles. The smallest absolute Gasteiger partial charge is 0.222 e. The highest BCUT2D eigenvalue weighted by Crippen LogP contribution is 2.36. The zero-order chi connectivity index (χ0) is 11.9. The summed E-state index contributed by atoms with van der Waals surface area (Å²) in [5.41, 5.74) is 1.34. The van der Waals surface area contributed by atoms with Gasteiger partial charge in [-0.2, -0.15) is 5.10 Å². The molecule has 0 atom stereocenters. The third-order valence-electron chi connectivity index (χ3n) is 2.71. The molecule has 0 unspecified atom stereocenters. The van der Waals surface area contributed by atoms with Gasteiger partial charge in [-0.3, -0.25) is 14.7 Å². The van der Waals surface area contributed by atoms with Crippen molar-refractivity contribution in [2.45, 2.75) is 33.6 Å². The lowest BCUT2D eigenvalue weighted by Gasteiger charge is -2.27. The summed E-state index contributed by atoms with van der Waals surface area (Å²) in [6.45, 7) is 5.50. The van der Waals surface area contributed by atoms with E-state index >= 15 is 0 Å². The highest BCUT2D eigenvalue weighted by Gasteiger charge is 2.34. The van der Waals surface area contributed by atoms with Crippen molar-refractivity contribution in [2.75, 3.05) is 5.32 Å². The Morgan fingerprint density at radius 3 is 2.75 bits per heavy atom. The number of aromatic nitrogens is 2. The van der Waals surface area contributed by atoms with Crippen LogP contribution in [-0.2, 0) is 11.2 Å². The van der Waals surface area contributed by atoms with Crippen LogP contribution in [0.15, 0.2) is 0 Å². The molecule has 0 spiro atoms. The van der Waals surface area contributed by atoms with Gasteiger partial charge in [0.1, 0.15) is 0 Å². The van der Waals surface area contributed by atoms with Crippen LogP contribution in [0.2, 0.25) is 0 Å². The Labute approximate surface area is 93.6 Å². The number of nitrogens with one attached hydrogen (secondary N) is 2. The largest absolute Gasteiger partial charge is 0.309 e. The van der Waals surface area contributed by atoms with Crippen molar-refractivity contribution in [2.24, 2.45) is 5.41 Å². The topological polar surface area (TPSA) is 74.8 Å². The molecule has 0 aromatic carbocycles. The average Bonchev–Trinajstić information content (AvgIpc) is 2.44. The second kappa shape index (κ2) is 3.43. The summed E-state index contributed by atoms with van der Waals surface area (Å²) in [5.74, 6) is 0.193. The van der Waals surface area contributed by atoms with Gasteiger partial charge in [0.15, 0.2) is 11.6 Å². The summed E-state index contributed by atoms with van der Waals surface area (Å²) < 4.78 is 0. The molecule has 5 nitrogen and oxygen atoms in total. The van der Waals surface area contributed by atoms with Crippen molar-refractivity contribution >= 4 is 17.5 Å². The van der Waals surface area contributed by atoms with Crippen LogP contribution in [0.5, 0.6) is 0 Å². The van der Waals surface area contributed by atoms with E-state index in [1.807, 2.05) is 13.8 Å². The first kappa shape index (κ1) is 10.9. The Balaban J connectivity index is 2.39. The number of aromatic amines is 1. The molecular weight excluding hydrogens is 206 g/mol. The molecule has 5 heteroatoms. The minimum Gasteiger partial charge on any atom is -0.309 e. The SMILES string of the molecule is CC(=O)Nc1n[nH]c2c1C(=O)CC(C)(C)C2. The maximum atomic E-state index is 12.0. The molecule has 0 radical (unpaired) electrons. The highest BCUT2D eigenvalue weighted by molar-refractivity contribution is 6.05. The highest BCUT2D eigenvalue weighted by atomic mass is 16.1. The number of anilines is 1. The van der Waals surface area contributed by atoms with Crippen molar-refractivity contribution in [1.29, 1.82) is 0 Å². The van der Waals surface area contributed by atoms with Crippen LogP contribution in [0, 0.1) is 5.41 Å². The van der Waals surface area contributed by atoms with Crippen molar-refractivity contribution in [1.82, 2.24) is 10.2 Å². The fourth-order valence-corrected chi connectivity index (χ4v) is 2.13. The maximum absolute atomic E-state index is 12.0. The van der Waals surface area contributed by atoms with Crippen LogP contribution in [0.1, 0.15) is 43.2 Å². The number of hydrogen-bond acceptors (Lipinski definition) is 3. The fourth-order valence-electron chi connectivity index (χ4n) is 2.13. The van der Waals surface area contributed by atoms with E-state index in [2.05, 4.69) is 15.5 Å². The number of hydrogen-bond donors (Lipinski definition) is 2. The van der Waals surface area contributed by atoms with Crippen molar-refractivity contribution in [3.8, 4) is 0 Å². The van der Waals surface area contributed by atoms with Gasteiger partial charge in [0.05, 0.1) is 5.56 Å². The van der Waals surface area contributed by atoms with E-state index in [1.54, 1.807) is 0 Å². The summed E-state index contributed by atoms with van der Waals surface area (Å²) in [6.07, 6.45) is 1.27. The fraction of sp³-hybridized carbons (Fsp3) is 0.545. The standard InChI is InChI=1S/C11H15N3O2/c1-6(15)12-10-9-7(13-14-10)4-11(2,3)5-8(9)16/h4-5H2,1-3H3,(H2,12,13,14,15). The van der Waals surface area contributed by atoms with E-state index in [4.69, 9.17) is 0 Å². The molecule has 2 rings (SSSR count). The van der Waals surface area contributed by atoms with E-state index < -0.39 is 0 Å². The Kier molecular flexibility index (Phi) is 2.33. The molecule has 2 N–H and O–H groups in total. The molecule has 0 saturated carbocycles. The van der Waals surface area contributed by atoms with E-state index in [0.29, 0.717) is 17.8 Å². The number of amides is 1. The first-order valence-electron chi connectivity index (χ1n) is 5.27. The normalized spacial score (nSPS) is 18.1. The number of H-pyrrole nitrogens is 1. The number of carbonyl (C=O) groups excluding carboxylic acids is 2. The molecule has 1 heterocycles. The van der Waals surface area contributed by atoms with Crippen molar-refractivity contribution in [3.63, 3.8) is 0 Å². The second-order valence-electron chi connectivity index (χ2n) is 5.05. The van der Waals surface area contributed by atoms with Crippen LogP contribution >= 0.6 is 0 Å². The summed E-state index contributed by atoms with van der Waals surface area (Å²) in [6, 6.07) is 0. The van der Waals surface area contributed by atoms with Gasteiger partial charge in [-0.25, -0.2) is 0 Å². The summed E-state index contributed by atoms with van der Waals surface area (Å²) in [5, 5.41) is 9.38. The average molecular weight is 221 g/mol. The Morgan fingerprint density at radius 1 is 1.44 bits per heavy atom. The molecule has 0 saturated heterocycles. The van der Waals surface area contributed by atoms with Gasteiger partial charge >= 0.3 is 0 Å². The van der Waals surface area contributed by atoms with E-state index in [1.165, 1.54) is 6.92 Å². The van der Waals surface area contributed by atoms with Crippen LogP contribution in [-0.4, -0.2) is 21.9 Å². The lowest BCUT2D eigenvalue weighted by molar-refractivity contribution is -0.114. The van der Waals surface area contributed by atoms with Crippen molar-refractivity contribution < 1.29 is 9.59 Å². The van der Waals surface area contributed by atoms with Gasteiger partial charge in [0.25, 0.3) is 0 Å². The maximum Gasteiger partial charge on any atom is 0.222 e. The summed E-state index contributed by atoms with van der Waals surface area (Å²) in [7, 11) is 0. The third-order valence-corrected chi connectivity index (χ3v) is 2.71. The monoisotopic (exact) mass is 221 g/mol. The van der Waals surface area contributed by atoms with Gasteiger partial charge in [0.2, 0.25) is 5.91 Å². The van der Waals surface area contributed by atoms with Crippen LogP contribution in [0.4, 0.5) is 5.82 Å². The number of fused-ring (bicyclic) bond motifs is 1. The number of nitrogens with zero attached hydrogens (tertiary/aromatic N) is 1. The van der Waals surface area contributed by atoms with Crippen LogP contribution in [0.25, 0.3) is 0 Å². The van der Waals surface area contributed by atoms with Crippen molar-refractivity contribution in [3.05, 3.63) is 11.3 Å². The molecule has 0 bridgehead atoms. The predicted octanol–water partition coefficient (Wildman–Crippen LogP) is 1.52. The first-order chi connectivity index (χ1) is 7.39. The molecule has 86 valence electrons. The van der Waals surface area contributed by atoms with E-state index in [0.717, 1.165) is 12.1 Å². The molecular formula is C11H15N3O2. The predicted molar refractivity (Wildman–Crippen MR) is 59.3 cm³/mol. The molecule has 16 heavy (non-hydrogen) atoms. The van der Waals surface area contributed by atoms with Gasteiger partial charge in [-0.1, -0.05) is 13.8 Å². The van der Waals surface area contributed by atoms with Crippen LogP contribution in [0.3, 0.4) is 0 Å². The minimum absolute atomic E-state index is 0.0376. The van der Waals surface area contributed by atoms with Gasteiger partial charge in [-0.15, -0.1) is 0 Å². The number of rotatable bonds is 1. The lowest BCUT2D eigenvalue weighted by atomic mass is 9.76. The quantitative estimate of drug-likeness (QED) is 0.755. The van der Waals surface area contributed by atoms with E-state index in [9.17, 15) is 9.59 Å². The third kappa shape index (κ3) is 1.85. The number of carbonyl (C=O) groups is 2. The number of ketones is 1. The minimum atomic E-state index is -0.216. The molecule has 1 amide bonds. The molecule has 1 aromatic heterocycles. The second-order valence-corrected chi connectivity index (χ2v) is 5.05. The molecule has 1 aromatic rings. The van der Waals surface area contributed by atoms with Gasteiger partial charge < -0.3 is 5.32 Å². The van der Waals surface area contributed by atoms with Gasteiger partial charge in [0, 0.05) is 19.0 Å². The molecule has 0 aliphatic heterocycles. The summed E-state index contributed by atoms with van der Waals surface area (Å²) >= 11 is 0. The first-order valence-corrected chi connectivity index (χ1v) is 5.27. The van der Waals surface area contributed by atoms with Crippen LogP contribution < -0.4 is 5.32 Å². The zero-order valence-corrected chi connectivity index (χ0v) is 9.68.